The van der Waals surface area contributed by atoms with Crippen molar-refractivity contribution in [1.82, 2.24) is 4.98 Å². The summed E-state index contributed by atoms with van der Waals surface area (Å²) in [5.74, 6) is 1.00. The summed E-state index contributed by atoms with van der Waals surface area (Å²) in [4.78, 5) is 19.7. The summed E-state index contributed by atoms with van der Waals surface area (Å²) in [6.07, 6.45) is 2.22. The van der Waals surface area contributed by atoms with Crippen molar-refractivity contribution in [2.24, 2.45) is 0 Å². The lowest BCUT2D eigenvalue weighted by atomic mass is 10.4. The van der Waals surface area contributed by atoms with E-state index < -0.39 is 0 Å². The minimum Gasteiger partial charge on any atom is -0.285 e. The van der Waals surface area contributed by atoms with Crippen LogP contribution in [0.2, 0.25) is 0 Å². The summed E-state index contributed by atoms with van der Waals surface area (Å²) in [7, 11) is 0. The number of carbonyl (C=O) groups is 1. The van der Waals surface area contributed by atoms with Gasteiger partial charge in [-0.3, -0.25) is 9.69 Å². The van der Waals surface area contributed by atoms with Gasteiger partial charge in [-0.2, -0.15) is 0 Å². The number of thiazole rings is 1. The molecule has 1 atom stereocenters. The Labute approximate surface area is 137 Å². The Morgan fingerprint density at radius 1 is 1.52 bits per heavy atom. The standard InChI is InChI=1S/C15H18N2OS3/c1-10(14-4-3-7-19-14)20-8-12-9-21-15(16-12)17(11(2)18)13-5-6-13/h3-4,7,9-10,13H,5-6,8H2,1-2H3/t10-/m0/s1. The molecule has 0 radical (unpaired) electrons. The van der Waals surface area contributed by atoms with Crippen LogP contribution in [0.5, 0.6) is 0 Å². The van der Waals surface area contributed by atoms with Gasteiger partial charge in [0.2, 0.25) is 5.91 Å². The van der Waals surface area contributed by atoms with Crippen LogP contribution in [0.3, 0.4) is 0 Å². The van der Waals surface area contributed by atoms with E-state index in [1.165, 1.54) is 4.88 Å². The number of carbonyl (C=O) groups excluding carboxylic acids is 1. The fourth-order valence-corrected chi connectivity index (χ4v) is 5.06. The van der Waals surface area contributed by atoms with Crippen molar-refractivity contribution in [3.05, 3.63) is 33.5 Å². The van der Waals surface area contributed by atoms with E-state index in [-0.39, 0.29) is 5.91 Å². The first-order chi connectivity index (χ1) is 10.1. The van der Waals surface area contributed by atoms with Gasteiger partial charge < -0.3 is 0 Å². The monoisotopic (exact) mass is 338 g/mol. The number of thioether (sulfide) groups is 1. The van der Waals surface area contributed by atoms with Crippen molar-refractivity contribution in [3.8, 4) is 0 Å². The summed E-state index contributed by atoms with van der Waals surface area (Å²) in [6, 6.07) is 4.66. The molecular formula is C15H18N2OS3. The first kappa shape index (κ1) is 15.1. The normalized spacial score (nSPS) is 15.9. The SMILES string of the molecule is CC(=O)N(c1nc(CS[C@@H](C)c2cccs2)cs1)C1CC1. The molecule has 6 heteroatoms. The van der Waals surface area contributed by atoms with Gasteiger partial charge in [-0.1, -0.05) is 6.07 Å². The Kier molecular flexibility index (Phi) is 4.66. The maximum Gasteiger partial charge on any atom is 0.225 e. The highest BCUT2D eigenvalue weighted by molar-refractivity contribution is 7.98. The molecule has 1 aliphatic carbocycles. The number of thiophene rings is 1. The van der Waals surface area contributed by atoms with Crippen LogP contribution in [0.15, 0.2) is 22.9 Å². The third-order valence-corrected chi connectivity index (χ3v) is 6.73. The Bertz CT molecular complexity index is 604. The van der Waals surface area contributed by atoms with E-state index in [0.717, 1.165) is 29.4 Å². The first-order valence-electron chi connectivity index (χ1n) is 7.04. The van der Waals surface area contributed by atoms with Crippen LogP contribution < -0.4 is 4.90 Å². The molecule has 21 heavy (non-hydrogen) atoms. The lowest BCUT2D eigenvalue weighted by Crippen LogP contribution is -2.30. The molecule has 0 aliphatic heterocycles. The number of hydrogen-bond acceptors (Lipinski definition) is 5. The van der Waals surface area contributed by atoms with Crippen molar-refractivity contribution in [1.29, 1.82) is 0 Å². The molecule has 0 spiro atoms. The van der Waals surface area contributed by atoms with E-state index >= 15 is 0 Å². The Balaban J connectivity index is 1.61. The van der Waals surface area contributed by atoms with Gasteiger partial charge in [0.25, 0.3) is 0 Å². The molecule has 112 valence electrons. The van der Waals surface area contributed by atoms with Crippen molar-refractivity contribution in [2.75, 3.05) is 4.90 Å². The molecule has 0 aromatic carbocycles. The van der Waals surface area contributed by atoms with Crippen LogP contribution in [-0.2, 0) is 10.5 Å². The van der Waals surface area contributed by atoms with Crippen molar-refractivity contribution in [3.63, 3.8) is 0 Å². The lowest BCUT2D eigenvalue weighted by Gasteiger charge is -2.16. The molecule has 1 aliphatic rings. The average Bonchev–Trinajstić information content (AvgIpc) is 2.94. The summed E-state index contributed by atoms with van der Waals surface area (Å²) >= 11 is 5.28. The molecular weight excluding hydrogens is 320 g/mol. The van der Waals surface area contributed by atoms with Gasteiger partial charge in [0.05, 0.1) is 5.69 Å². The summed E-state index contributed by atoms with van der Waals surface area (Å²) in [5.41, 5.74) is 1.08. The van der Waals surface area contributed by atoms with Crippen LogP contribution in [-0.4, -0.2) is 16.9 Å². The predicted molar refractivity (Wildman–Crippen MR) is 92.3 cm³/mol. The topological polar surface area (TPSA) is 33.2 Å². The minimum atomic E-state index is 0.109. The molecule has 2 aromatic rings. The maximum absolute atomic E-state index is 11.7. The van der Waals surface area contributed by atoms with Crippen LogP contribution in [0.4, 0.5) is 5.13 Å². The fourth-order valence-electron chi connectivity index (χ4n) is 2.17. The molecule has 0 unspecified atom stereocenters. The van der Waals surface area contributed by atoms with Gasteiger partial charge in [-0.05, 0) is 31.2 Å². The van der Waals surface area contributed by atoms with Crippen molar-refractivity contribution < 1.29 is 4.79 Å². The van der Waals surface area contributed by atoms with Gasteiger partial charge in [-0.15, -0.1) is 34.4 Å². The quantitative estimate of drug-likeness (QED) is 0.764. The summed E-state index contributed by atoms with van der Waals surface area (Å²) in [6.45, 7) is 3.86. The molecule has 3 rings (SSSR count). The number of rotatable bonds is 6. The molecule has 0 bridgehead atoms. The Morgan fingerprint density at radius 2 is 2.33 bits per heavy atom. The van der Waals surface area contributed by atoms with Gasteiger partial charge in [0, 0.05) is 34.2 Å². The van der Waals surface area contributed by atoms with Crippen LogP contribution >= 0.6 is 34.4 Å². The van der Waals surface area contributed by atoms with Crippen molar-refractivity contribution >= 4 is 45.5 Å². The number of aromatic nitrogens is 1. The zero-order valence-corrected chi connectivity index (χ0v) is 14.6. The van der Waals surface area contributed by atoms with Gasteiger partial charge >= 0.3 is 0 Å². The second-order valence-corrected chi connectivity index (χ2v) is 8.36. The van der Waals surface area contributed by atoms with Crippen molar-refractivity contribution in [2.45, 2.75) is 43.7 Å². The first-order valence-corrected chi connectivity index (χ1v) is 9.85. The minimum absolute atomic E-state index is 0.109. The second-order valence-electron chi connectivity index (χ2n) is 5.21. The predicted octanol–water partition coefficient (Wildman–Crippen LogP) is 4.71. The average molecular weight is 339 g/mol. The van der Waals surface area contributed by atoms with Crippen LogP contribution in [0.25, 0.3) is 0 Å². The Hall–Kier alpha value is -0.850. The van der Waals surface area contributed by atoms with E-state index in [2.05, 4.69) is 34.8 Å². The number of nitrogens with zero attached hydrogens (tertiary/aromatic N) is 2. The maximum atomic E-state index is 11.7. The third kappa shape index (κ3) is 3.67. The molecule has 1 saturated carbocycles. The number of amides is 1. The van der Waals surface area contributed by atoms with E-state index in [9.17, 15) is 4.79 Å². The second kappa shape index (κ2) is 6.50. The molecule has 1 amide bonds. The fraction of sp³-hybridized carbons (Fsp3) is 0.467. The molecule has 2 heterocycles. The van der Waals surface area contributed by atoms with E-state index in [1.54, 1.807) is 29.6 Å². The summed E-state index contributed by atoms with van der Waals surface area (Å²) < 4.78 is 0. The third-order valence-electron chi connectivity index (χ3n) is 3.42. The molecule has 1 fully saturated rings. The summed E-state index contributed by atoms with van der Waals surface area (Å²) in [5, 5.41) is 5.56. The highest BCUT2D eigenvalue weighted by Crippen LogP contribution is 2.36. The van der Waals surface area contributed by atoms with Gasteiger partial charge in [0.15, 0.2) is 5.13 Å². The number of anilines is 1. The van der Waals surface area contributed by atoms with Gasteiger partial charge in [-0.25, -0.2) is 4.98 Å². The number of hydrogen-bond donors (Lipinski definition) is 0. The van der Waals surface area contributed by atoms with Crippen LogP contribution in [0.1, 0.15) is 42.5 Å². The van der Waals surface area contributed by atoms with Gasteiger partial charge in [0.1, 0.15) is 0 Å². The smallest absolute Gasteiger partial charge is 0.225 e. The van der Waals surface area contributed by atoms with E-state index in [0.29, 0.717) is 11.3 Å². The van der Waals surface area contributed by atoms with E-state index in [4.69, 9.17) is 0 Å². The highest BCUT2D eigenvalue weighted by atomic mass is 32.2. The zero-order chi connectivity index (χ0) is 14.8. The molecule has 0 N–H and O–H groups in total. The molecule has 3 nitrogen and oxygen atoms in total. The zero-order valence-electron chi connectivity index (χ0n) is 12.1. The van der Waals surface area contributed by atoms with E-state index in [1.807, 2.05) is 16.7 Å². The highest BCUT2D eigenvalue weighted by Gasteiger charge is 2.33. The lowest BCUT2D eigenvalue weighted by molar-refractivity contribution is -0.116. The molecule has 0 saturated heterocycles. The Morgan fingerprint density at radius 3 is 2.95 bits per heavy atom. The molecule has 2 aromatic heterocycles. The largest absolute Gasteiger partial charge is 0.285 e. The van der Waals surface area contributed by atoms with Crippen LogP contribution in [0, 0.1) is 0 Å².